The second-order valence-electron chi connectivity index (χ2n) is 5.98. The van der Waals surface area contributed by atoms with Crippen molar-refractivity contribution < 1.29 is 14.3 Å². The Labute approximate surface area is 112 Å². The van der Waals surface area contributed by atoms with Gasteiger partial charge < -0.3 is 10.1 Å². The normalized spacial score (nSPS) is 20.8. The second-order valence-corrected chi connectivity index (χ2v) is 5.98. The van der Waals surface area contributed by atoms with Gasteiger partial charge in [-0.25, -0.2) is 0 Å². The number of hydrogen-bond acceptors (Lipinski definition) is 3. The van der Waals surface area contributed by atoms with Crippen LogP contribution in [0.25, 0.3) is 0 Å². The van der Waals surface area contributed by atoms with Gasteiger partial charge in [-0.1, -0.05) is 0 Å². The van der Waals surface area contributed by atoms with Crippen molar-refractivity contribution in [1.82, 2.24) is 0 Å². The fourth-order valence-corrected chi connectivity index (χ4v) is 2.10. The number of fused-ring (bicyclic) bond motifs is 1. The Kier molecular flexibility index (Phi) is 2.62. The largest absolute Gasteiger partial charge is 0.490 e. The van der Waals surface area contributed by atoms with Crippen LogP contribution in [0, 0.1) is 11.3 Å². The average Bonchev–Trinajstić information content (AvgIpc) is 3.20. The van der Waals surface area contributed by atoms with E-state index in [0.29, 0.717) is 23.6 Å². The number of benzene rings is 1. The monoisotopic (exact) mass is 259 g/mol. The van der Waals surface area contributed by atoms with Crippen molar-refractivity contribution >= 4 is 17.4 Å². The summed E-state index contributed by atoms with van der Waals surface area (Å²) in [6.45, 7) is 4.01. The van der Waals surface area contributed by atoms with Gasteiger partial charge >= 0.3 is 0 Å². The highest BCUT2D eigenvalue weighted by molar-refractivity contribution is 6.02. The van der Waals surface area contributed by atoms with Crippen LogP contribution < -0.4 is 10.1 Å². The quantitative estimate of drug-likeness (QED) is 0.831. The maximum absolute atomic E-state index is 12.0. The second kappa shape index (κ2) is 4.08. The van der Waals surface area contributed by atoms with Crippen molar-refractivity contribution in [2.75, 3.05) is 11.9 Å². The van der Waals surface area contributed by atoms with E-state index in [1.54, 1.807) is 18.2 Å². The molecule has 0 spiro atoms. The van der Waals surface area contributed by atoms with Crippen molar-refractivity contribution in [3.8, 4) is 5.75 Å². The van der Waals surface area contributed by atoms with E-state index >= 15 is 0 Å². The zero-order valence-electron chi connectivity index (χ0n) is 11.2. The van der Waals surface area contributed by atoms with Crippen LogP contribution in [0.15, 0.2) is 18.2 Å². The summed E-state index contributed by atoms with van der Waals surface area (Å²) < 4.78 is 5.65. The molecule has 1 aliphatic heterocycles. The summed E-state index contributed by atoms with van der Waals surface area (Å²) in [6.07, 6.45) is 1.96. The number of carbonyl (C=O) groups is 2. The lowest BCUT2D eigenvalue weighted by Gasteiger charge is -2.18. The fourth-order valence-electron chi connectivity index (χ4n) is 2.10. The molecule has 1 aromatic carbocycles. The first-order valence-corrected chi connectivity index (χ1v) is 6.60. The van der Waals surface area contributed by atoms with Gasteiger partial charge in [0.1, 0.15) is 12.4 Å². The number of carbonyl (C=O) groups excluding carboxylic acids is 2. The first kappa shape index (κ1) is 12.2. The molecule has 0 atom stereocenters. The van der Waals surface area contributed by atoms with Crippen molar-refractivity contribution in [3.05, 3.63) is 23.8 Å². The highest BCUT2D eigenvalue weighted by Crippen LogP contribution is 2.36. The minimum atomic E-state index is -0.570. The summed E-state index contributed by atoms with van der Waals surface area (Å²) in [5.74, 6) is 0.894. The molecule has 1 N–H and O–H groups in total. The van der Waals surface area contributed by atoms with Gasteiger partial charge in [0.05, 0.1) is 11.1 Å². The van der Waals surface area contributed by atoms with Crippen LogP contribution in [-0.2, 0) is 4.79 Å². The lowest BCUT2D eigenvalue weighted by atomic mass is 9.94. The van der Waals surface area contributed by atoms with E-state index in [-0.39, 0.29) is 17.6 Å². The molecule has 0 bridgehead atoms. The molecular weight excluding hydrogens is 242 g/mol. The molecule has 1 heterocycles. The number of ketones is 1. The maximum atomic E-state index is 12.0. The third kappa shape index (κ3) is 2.23. The van der Waals surface area contributed by atoms with E-state index in [1.165, 1.54) is 0 Å². The van der Waals surface area contributed by atoms with Gasteiger partial charge in [0.2, 0.25) is 5.91 Å². The zero-order valence-corrected chi connectivity index (χ0v) is 11.2. The van der Waals surface area contributed by atoms with E-state index in [2.05, 4.69) is 5.32 Å². The first-order valence-electron chi connectivity index (χ1n) is 6.60. The number of nitrogens with one attached hydrogen (secondary N) is 1. The summed E-state index contributed by atoms with van der Waals surface area (Å²) in [6, 6.07) is 5.28. The fraction of sp³-hybridized carbons (Fsp3) is 0.467. The Morgan fingerprint density at radius 3 is 2.79 bits per heavy atom. The molecule has 1 aliphatic carbocycles. The Bertz CT molecular complexity index is 559. The number of rotatable bonds is 2. The summed E-state index contributed by atoms with van der Waals surface area (Å²) in [4.78, 5) is 24.1. The highest BCUT2D eigenvalue weighted by atomic mass is 16.5. The highest BCUT2D eigenvalue weighted by Gasteiger charge is 2.34. The molecule has 2 aliphatic rings. The predicted octanol–water partition coefficient (Wildman–Crippen LogP) is 2.64. The van der Waals surface area contributed by atoms with Gasteiger partial charge in [-0.2, -0.15) is 0 Å². The molecule has 19 heavy (non-hydrogen) atoms. The molecule has 0 unspecified atom stereocenters. The third-order valence-electron chi connectivity index (χ3n) is 3.66. The average molecular weight is 259 g/mol. The lowest BCUT2D eigenvalue weighted by Crippen LogP contribution is -2.33. The minimum Gasteiger partial charge on any atom is -0.490 e. The van der Waals surface area contributed by atoms with Crippen LogP contribution >= 0.6 is 0 Å². The van der Waals surface area contributed by atoms with Crippen LogP contribution in [0.4, 0.5) is 5.69 Å². The summed E-state index contributed by atoms with van der Waals surface area (Å²) in [7, 11) is 0. The standard InChI is InChI=1S/C15H17NO3/c1-15(2)8-19-12-6-5-10(13(17)9-3-4-9)7-11(12)16-14(15)18/h5-7,9H,3-4,8H2,1-2H3,(H,16,18). The lowest BCUT2D eigenvalue weighted by molar-refractivity contribution is -0.124. The van der Waals surface area contributed by atoms with Crippen molar-refractivity contribution in [2.24, 2.45) is 11.3 Å². The van der Waals surface area contributed by atoms with Gasteiger partial charge in [-0.05, 0) is 44.9 Å². The van der Waals surface area contributed by atoms with E-state index in [4.69, 9.17) is 4.74 Å². The summed E-state index contributed by atoms with van der Waals surface area (Å²) >= 11 is 0. The zero-order chi connectivity index (χ0) is 13.6. The molecule has 1 amide bonds. The molecule has 0 radical (unpaired) electrons. The maximum Gasteiger partial charge on any atom is 0.233 e. The molecule has 1 fully saturated rings. The van der Waals surface area contributed by atoms with Crippen LogP contribution in [-0.4, -0.2) is 18.3 Å². The van der Waals surface area contributed by atoms with Gasteiger partial charge in [0.15, 0.2) is 5.78 Å². The molecule has 0 aromatic heterocycles. The van der Waals surface area contributed by atoms with Crippen LogP contribution in [0.5, 0.6) is 5.75 Å². The summed E-state index contributed by atoms with van der Waals surface area (Å²) in [5.41, 5.74) is 0.687. The van der Waals surface area contributed by atoms with Gasteiger partial charge in [-0.15, -0.1) is 0 Å². The van der Waals surface area contributed by atoms with Crippen LogP contribution in [0.1, 0.15) is 37.0 Å². The van der Waals surface area contributed by atoms with E-state index in [9.17, 15) is 9.59 Å². The van der Waals surface area contributed by atoms with Gasteiger partial charge in [0, 0.05) is 11.5 Å². The Morgan fingerprint density at radius 1 is 1.37 bits per heavy atom. The minimum absolute atomic E-state index is 0.0812. The van der Waals surface area contributed by atoms with Crippen LogP contribution in [0.2, 0.25) is 0 Å². The van der Waals surface area contributed by atoms with E-state index in [1.807, 2.05) is 13.8 Å². The molecule has 4 nitrogen and oxygen atoms in total. The number of amides is 1. The number of hydrogen-bond donors (Lipinski definition) is 1. The molecular formula is C15H17NO3. The van der Waals surface area contributed by atoms with Crippen molar-refractivity contribution in [3.63, 3.8) is 0 Å². The predicted molar refractivity (Wildman–Crippen MR) is 71.4 cm³/mol. The molecule has 3 rings (SSSR count). The Morgan fingerprint density at radius 2 is 2.11 bits per heavy atom. The van der Waals surface area contributed by atoms with Crippen molar-refractivity contribution in [1.29, 1.82) is 0 Å². The number of anilines is 1. The first-order chi connectivity index (χ1) is 8.97. The van der Waals surface area contributed by atoms with E-state index < -0.39 is 5.41 Å². The van der Waals surface area contributed by atoms with Gasteiger partial charge in [0.25, 0.3) is 0 Å². The number of Topliss-reactive ketones (excluding diaryl/α,β-unsaturated/α-hetero) is 1. The molecule has 1 saturated carbocycles. The molecule has 0 saturated heterocycles. The molecule has 4 heteroatoms. The Hall–Kier alpha value is -1.84. The smallest absolute Gasteiger partial charge is 0.233 e. The van der Waals surface area contributed by atoms with Gasteiger partial charge in [-0.3, -0.25) is 9.59 Å². The van der Waals surface area contributed by atoms with Crippen LogP contribution in [0.3, 0.4) is 0 Å². The van der Waals surface area contributed by atoms with E-state index in [0.717, 1.165) is 12.8 Å². The summed E-state index contributed by atoms with van der Waals surface area (Å²) in [5, 5.41) is 2.85. The third-order valence-corrected chi connectivity index (χ3v) is 3.66. The molecule has 1 aromatic rings. The number of ether oxygens (including phenoxy) is 1. The van der Waals surface area contributed by atoms with Crippen molar-refractivity contribution in [2.45, 2.75) is 26.7 Å². The SMILES string of the molecule is CC1(C)COc2ccc(C(=O)C3CC3)cc2NC1=O. The Balaban J connectivity index is 1.93. The topological polar surface area (TPSA) is 55.4 Å². The molecule has 100 valence electrons.